The van der Waals surface area contributed by atoms with E-state index in [0.29, 0.717) is 6.54 Å². The molecule has 138 valence electrons. The van der Waals surface area contributed by atoms with Gasteiger partial charge < -0.3 is 0 Å². The Morgan fingerprint density at radius 2 is 2.08 bits per heavy atom. The highest BCUT2D eigenvalue weighted by Gasteiger charge is 2.31. The molecule has 1 aromatic heterocycles. The zero-order valence-electron chi connectivity index (χ0n) is 14.3. The normalized spacial score (nSPS) is 11.5. The van der Waals surface area contributed by atoms with Crippen LogP contribution in [0, 0.1) is 17.2 Å². The molecule has 9 heteroatoms. The molecular formula is C17H16ClF3N4O. The first-order chi connectivity index (χ1) is 12.1. The van der Waals surface area contributed by atoms with Crippen molar-refractivity contribution in [1.82, 2.24) is 9.78 Å². The van der Waals surface area contributed by atoms with E-state index in [0.717, 1.165) is 18.2 Å². The number of carbonyl (C=O) groups is 1. The number of aromatic nitrogens is 2. The monoisotopic (exact) mass is 384 g/mol. The van der Waals surface area contributed by atoms with Crippen LogP contribution in [0.15, 0.2) is 24.4 Å². The summed E-state index contributed by atoms with van der Waals surface area (Å²) < 4.78 is 39.7. The summed E-state index contributed by atoms with van der Waals surface area (Å²) >= 11 is 6.04. The lowest BCUT2D eigenvalue weighted by Gasteiger charge is -2.24. The van der Waals surface area contributed by atoms with Gasteiger partial charge >= 0.3 is 6.18 Å². The van der Waals surface area contributed by atoms with E-state index in [-0.39, 0.29) is 33.9 Å². The number of rotatable bonds is 4. The van der Waals surface area contributed by atoms with E-state index < -0.39 is 11.7 Å². The molecule has 0 N–H and O–H groups in total. The zero-order chi connectivity index (χ0) is 19.6. The Bertz CT molecular complexity index is 868. The first-order valence-electron chi connectivity index (χ1n) is 7.69. The SMILES string of the molecule is CC(=O)N(CC(C)C)c1c(C#N)cnn1-c1ccc(C(F)(F)F)cc1Cl. The summed E-state index contributed by atoms with van der Waals surface area (Å²) in [5.74, 6) is -0.0489. The second-order valence-electron chi connectivity index (χ2n) is 6.09. The summed E-state index contributed by atoms with van der Waals surface area (Å²) in [5.41, 5.74) is -0.631. The molecule has 1 heterocycles. The van der Waals surface area contributed by atoms with Gasteiger partial charge in [-0.2, -0.15) is 23.5 Å². The van der Waals surface area contributed by atoms with Crippen LogP contribution in [0.4, 0.5) is 19.0 Å². The quantitative estimate of drug-likeness (QED) is 0.783. The Morgan fingerprint density at radius 1 is 1.42 bits per heavy atom. The molecule has 0 saturated carbocycles. The molecule has 2 aromatic rings. The van der Waals surface area contributed by atoms with Crippen molar-refractivity contribution in [3.8, 4) is 11.8 Å². The maximum atomic E-state index is 12.8. The van der Waals surface area contributed by atoms with Gasteiger partial charge in [-0.3, -0.25) is 9.69 Å². The Hall–Kier alpha value is -2.53. The zero-order valence-corrected chi connectivity index (χ0v) is 15.1. The predicted molar refractivity (Wildman–Crippen MR) is 91.2 cm³/mol. The number of alkyl halides is 3. The summed E-state index contributed by atoms with van der Waals surface area (Å²) in [7, 11) is 0. The minimum atomic E-state index is -4.53. The summed E-state index contributed by atoms with van der Waals surface area (Å²) in [6.07, 6.45) is -3.28. The molecule has 1 aromatic carbocycles. The molecule has 0 fully saturated rings. The number of nitrogens with zero attached hydrogens (tertiary/aromatic N) is 4. The second kappa shape index (κ2) is 7.38. The van der Waals surface area contributed by atoms with E-state index in [4.69, 9.17) is 11.6 Å². The van der Waals surface area contributed by atoms with Crippen molar-refractivity contribution < 1.29 is 18.0 Å². The molecule has 2 rings (SSSR count). The fourth-order valence-electron chi connectivity index (χ4n) is 2.44. The summed E-state index contributed by atoms with van der Waals surface area (Å²) in [4.78, 5) is 13.5. The van der Waals surface area contributed by atoms with Crippen LogP contribution in [-0.4, -0.2) is 22.2 Å². The molecule has 0 atom stereocenters. The van der Waals surface area contributed by atoms with E-state index in [1.54, 1.807) is 0 Å². The van der Waals surface area contributed by atoms with Crippen LogP contribution in [0.3, 0.4) is 0 Å². The first kappa shape index (κ1) is 19.8. The Kier molecular flexibility index (Phi) is 5.62. The molecule has 26 heavy (non-hydrogen) atoms. The number of nitriles is 1. The van der Waals surface area contributed by atoms with Crippen molar-refractivity contribution in [3.63, 3.8) is 0 Å². The second-order valence-corrected chi connectivity index (χ2v) is 6.50. The smallest absolute Gasteiger partial charge is 0.296 e. The molecular weight excluding hydrogens is 369 g/mol. The minimum absolute atomic E-state index is 0.0943. The van der Waals surface area contributed by atoms with Gasteiger partial charge in [-0.25, -0.2) is 4.68 Å². The molecule has 0 spiro atoms. The van der Waals surface area contributed by atoms with E-state index in [2.05, 4.69) is 5.10 Å². The molecule has 0 unspecified atom stereocenters. The largest absolute Gasteiger partial charge is 0.416 e. The maximum absolute atomic E-state index is 12.8. The number of hydrogen-bond donors (Lipinski definition) is 0. The number of amides is 1. The summed E-state index contributed by atoms with van der Waals surface area (Å²) in [6, 6.07) is 4.77. The van der Waals surface area contributed by atoms with Crippen LogP contribution >= 0.6 is 11.6 Å². The highest BCUT2D eigenvalue weighted by atomic mass is 35.5. The third-order valence-electron chi connectivity index (χ3n) is 3.55. The van der Waals surface area contributed by atoms with Crippen LogP contribution in [0.2, 0.25) is 5.02 Å². The molecule has 0 bridgehead atoms. The topological polar surface area (TPSA) is 61.9 Å². The van der Waals surface area contributed by atoms with Gasteiger partial charge in [-0.15, -0.1) is 0 Å². The molecule has 0 radical (unpaired) electrons. The van der Waals surface area contributed by atoms with Gasteiger partial charge in [-0.1, -0.05) is 25.4 Å². The number of benzene rings is 1. The Morgan fingerprint density at radius 3 is 2.54 bits per heavy atom. The molecule has 0 aliphatic heterocycles. The van der Waals surface area contributed by atoms with Crippen LogP contribution in [0.5, 0.6) is 0 Å². The number of carbonyl (C=O) groups excluding carboxylic acids is 1. The van der Waals surface area contributed by atoms with Gasteiger partial charge in [-0.05, 0) is 24.1 Å². The van der Waals surface area contributed by atoms with E-state index in [9.17, 15) is 23.2 Å². The lowest BCUT2D eigenvalue weighted by atomic mass is 10.2. The van der Waals surface area contributed by atoms with Gasteiger partial charge in [0.1, 0.15) is 11.6 Å². The molecule has 0 aliphatic carbocycles. The number of halogens is 4. The van der Waals surface area contributed by atoms with E-state index in [1.807, 2.05) is 19.9 Å². The lowest BCUT2D eigenvalue weighted by Crippen LogP contribution is -2.34. The van der Waals surface area contributed by atoms with Crippen LogP contribution in [0.25, 0.3) is 5.69 Å². The fourth-order valence-corrected chi connectivity index (χ4v) is 2.70. The molecule has 1 amide bonds. The van der Waals surface area contributed by atoms with Crippen molar-refractivity contribution in [2.24, 2.45) is 5.92 Å². The van der Waals surface area contributed by atoms with Gasteiger partial charge in [0, 0.05) is 13.5 Å². The van der Waals surface area contributed by atoms with Crippen molar-refractivity contribution in [2.45, 2.75) is 26.9 Å². The van der Waals surface area contributed by atoms with Crippen LogP contribution in [-0.2, 0) is 11.0 Å². The fraction of sp³-hybridized carbons (Fsp3) is 0.353. The number of hydrogen-bond acceptors (Lipinski definition) is 3. The van der Waals surface area contributed by atoms with Crippen LogP contribution in [0.1, 0.15) is 31.9 Å². The van der Waals surface area contributed by atoms with Crippen molar-refractivity contribution in [2.75, 3.05) is 11.4 Å². The lowest BCUT2D eigenvalue weighted by molar-refractivity contribution is -0.137. The van der Waals surface area contributed by atoms with Gasteiger partial charge in [0.05, 0.1) is 22.5 Å². The van der Waals surface area contributed by atoms with Crippen molar-refractivity contribution in [1.29, 1.82) is 5.26 Å². The summed E-state index contributed by atoms with van der Waals surface area (Å²) in [6.45, 7) is 5.45. The predicted octanol–water partition coefficient (Wildman–Crippen LogP) is 4.43. The minimum Gasteiger partial charge on any atom is -0.296 e. The highest BCUT2D eigenvalue weighted by Crippen LogP contribution is 2.35. The average Bonchev–Trinajstić information content (AvgIpc) is 2.94. The van der Waals surface area contributed by atoms with E-state index >= 15 is 0 Å². The van der Waals surface area contributed by atoms with E-state index in [1.165, 1.54) is 22.7 Å². The third kappa shape index (κ3) is 3.99. The third-order valence-corrected chi connectivity index (χ3v) is 3.85. The van der Waals surface area contributed by atoms with Gasteiger partial charge in [0.25, 0.3) is 0 Å². The van der Waals surface area contributed by atoms with Gasteiger partial charge in [0.15, 0.2) is 5.82 Å². The Labute approximate surface area is 153 Å². The molecule has 0 saturated heterocycles. The van der Waals surface area contributed by atoms with Crippen LogP contribution < -0.4 is 4.90 Å². The van der Waals surface area contributed by atoms with Crippen molar-refractivity contribution >= 4 is 23.3 Å². The maximum Gasteiger partial charge on any atom is 0.416 e. The average molecular weight is 385 g/mol. The Balaban J connectivity index is 2.64. The molecule has 0 aliphatic rings. The van der Waals surface area contributed by atoms with Crippen molar-refractivity contribution in [3.05, 3.63) is 40.5 Å². The van der Waals surface area contributed by atoms with Gasteiger partial charge in [0.2, 0.25) is 5.91 Å². The highest BCUT2D eigenvalue weighted by molar-refractivity contribution is 6.32. The number of anilines is 1. The summed E-state index contributed by atoms with van der Waals surface area (Å²) in [5, 5.41) is 13.2. The molecule has 5 nitrogen and oxygen atoms in total. The first-order valence-corrected chi connectivity index (χ1v) is 8.07. The standard InChI is InChI=1S/C17H16ClF3N4O/c1-10(2)9-24(11(3)26)16-12(7-22)8-23-25(16)15-5-4-13(6-14(15)18)17(19,20)21/h4-6,8,10H,9H2,1-3H3.